The number of ether oxygens (including phenoxy) is 2. The Morgan fingerprint density at radius 1 is 0.814 bits per heavy atom. The van der Waals surface area contributed by atoms with Gasteiger partial charge in [0.05, 0.1) is 37.4 Å². The zero-order chi connectivity index (χ0) is 33.4. The Kier molecular flexibility index (Phi) is 19.6. The van der Waals surface area contributed by atoms with Gasteiger partial charge < -0.3 is 35.6 Å². The lowest BCUT2D eigenvalue weighted by molar-refractivity contribution is -0.145. The fourth-order valence-electron chi connectivity index (χ4n) is 5.71. The molecule has 0 aromatic heterocycles. The van der Waals surface area contributed by atoms with Gasteiger partial charge in [-0.25, -0.2) is 4.79 Å². The molecule has 0 aliphatic rings. The molecule has 250 valence electrons. The zero-order valence-corrected chi connectivity index (χ0v) is 28.1. The first kappa shape index (κ1) is 40.8. The molecule has 0 heterocycles. The first-order valence-electron chi connectivity index (χ1n) is 15.7. The van der Waals surface area contributed by atoms with E-state index in [0.29, 0.717) is 12.8 Å². The molecule has 9 heteroatoms. The SMILES string of the molecule is CC/C=C\[C@H](C)[C@H](OC(N)=O)[C@@H](C)[C@H](O)[C@@H](C)C/C(C)=C\[C@H](C)[C@@H](O)[C@@H](C)/C=C\[C@@H](O)C[C@H](O)[C@H](C)C[C@H](C)C(=O)OC. The van der Waals surface area contributed by atoms with Crippen molar-refractivity contribution in [2.24, 2.45) is 47.2 Å². The van der Waals surface area contributed by atoms with Gasteiger partial charge >= 0.3 is 12.1 Å². The fourth-order valence-corrected chi connectivity index (χ4v) is 5.71. The van der Waals surface area contributed by atoms with Crippen LogP contribution in [0.4, 0.5) is 4.79 Å². The van der Waals surface area contributed by atoms with Crippen LogP contribution in [0.25, 0.3) is 0 Å². The minimum atomic E-state index is -0.889. The van der Waals surface area contributed by atoms with Crippen LogP contribution < -0.4 is 5.73 Å². The van der Waals surface area contributed by atoms with Crippen molar-refractivity contribution in [2.75, 3.05) is 7.11 Å². The molecule has 43 heavy (non-hydrogen) atoms. The number of aliphatic hydroxyl groups excluding tert-OH is 4. The van der Waals surface area contributed by atoms with Gasteiger partial charge in [-0.15, -0.1) is 0 Å². The lowest BCUT2D eigenvalue weighted by atomic mass is 9.81. The Labute approximate surface area is 260 Å². The van der Waals surface area contributed by atoms with Gasteiger partial charge in [0.2, 0.25) is 0 Å². The molecule has 0 bridgehead atoms. The smallest absolute Gasteiger partial charge is 0.404 e. The van der Waals surface area contributed by atoms with Gasteiger partial charge in [-0.2, -0.15) is 0 Å². The average molecular weight is 612 g/mol. The van der Waals surface area contributed by atoms with E-state index in [-0.39, 0.29) is 53.8 Å². The lowest BCUT2D eigenvalue weighted by Gasteiger charge is -2.33. The number of primary amides is 1. The first-order chi connectivity index (χ1) is 20.0. The summed E-state index contributed by atoms with van der Waals surface area (Å²) in [6.45, 7) is 17.1. The number of rotatable bonds is 20. The number of carbonyl (C=O) groups is 2. The van der Waals surface area contributed by atoms with Crippen LogP contribution in [0, 0.1) is 41.4 Å². The molecule has 1 amide bonds. The molecule has 0 spiro atoms. The van der Waals surface area contributed by atoms with Crippen LogP contribution in [0.1, 0.15) is 88.0 Å². The van der Waals surface area contributed by atoms with Crippen LogP contribution >= 0.6 is 0 Å². The molecule has 12 atom stereocenters. The van der Waals surface area contributed by atoms with Gasteiger partial charge in [-0.3, -0.25) is 4.79 Å². The number of methoxy groups -OCH3 is 1. The van der Waals surface area contributed by atoms with Gasteiger partial charge in [-0.1, -0.05) is 91.3 Å². The molecule has 0 radical (unpaired) electrons. The summed E-state index contributed by atoms with van der Waals surface area (Å²) in [4.78, 5) is 23.2. The van der Waals surface area contributed by atoms with E-state index in [1.54, 1.807) is 19.1 Å². The number of nitrogens with two attached hydrogens (primary N) is 1. The highest BCUT2D eigenvalue weighted by molar-refractivity contribution is 5.71. The van der Waals surface area contributed by atoms with Gasteiger partial charge in [0.1, 0.15) is 6.10 Å². The van der Waals surface area contributed by atoms with E-state index in [1.807, 2.05) is 73.6 Å². The van der Waals surface area contributed by atoms with Gasteiger partial charge in [-0.05, 0) is 38.0 Å². The minimum absolute atomic E-state index is 0.105. The third-order valence-electron chi connectivity index (χ3n) is 8.46. The number of amides is 1. The Balaban J connectivity index is 5.14. The monoisotopic (exact) mass is 611 g/mol. The van der Waals surface area contributed by atoms with Gasteiger partial charge in [0, 0.05) is 30.1 Å². The highest BCUT2D eigenvalue weighted by Gasteiger charge is 2.33. The van der Waals surface area contributed by atoms with Crippen LogP contribution in [-0.4, -0.2) is 70.1 Å². The summed E-state index contributed by atoms with van der Waals surface area (Å²) in [5.74, 6) is -1.88. The zero-order valence-electron chi connectivity index (χ0n) is 28.1. The maximum atomic E-state index is 11.6. The van der Waals surface area contributed by atoms with E-state index in [2.05, 4.69) is 0 Å². The van der Waals surface area contributed by atoms with Crippen LogP contribution in [0.3, 0.4) is 0 Å². The second-order valence-corrected chi connectivity index (χ2v) is 12.7. The van der Waals surface area contributed by atoms with Crippen LogP contribution in [0.15, 0.2) is 36.0 Å². The number of hydrogen-bond donors (Lipinski definition) is 5. The van der Waals surface area contributed by atoms with E-state index in [4.69, 9.17) is 15.2 Å². The van der Waals surface area contributed by atoms with Crippen molar-refractivity contribution in [3.63, 3.8) is 0 Å². The first-order valence-corrected chi connectivity index (χ1v) is 15.7. The molecule has 0 aromatic rings. The highest BCUT2D eigenvalue weighted by atomic mass is 16.6. The maximum absolute atomic E-state index is 11.6. The largest absolute Gasteiger partial charge is 0.469 e. The van der Waals surface area contributed by atoms with Crippen molar-refractivity contribution in [3.05, 3.63) is 36.0 Å². The third kappa shape index (κ3) is 15.4. The number of hydrogen-bond acceptors (Lipinski definition) is 8. The summed E-state index contributed by atoms with van der Waals surface area (Å²) in [5.41, 5.74) is 6.34. The molecule has 0 saturated heterocycles. The highest BCUT2D eigenvalue weighted by Crippen LogP contribution is 2.29. The van der Waals surface area contributed by atoms with Crippen LogP contribution in [0.2, 0.25) is 0 Å². The summed E-state index contributed by atoms with van der Waals surface area (Å²) in [6, 6.07) is 0. The van der Waals surface area contributed by atoms with Crippen LogP contribution in [-0.2, 0) is 14.3 Å². The van der Waals surface area contributed by atoms with Crippen molar-refractivity contribution in [2.45, 2.75) is 119 Å². The Hall–Kier alpha value is -2.20. The predicted molar refractivity (Wildman–Crippen MR) is 171 cm³/mol. The van der Waals surface area contributed by atoms with Gasteiger partial charge in [0.25, 0.3) is 0 Å². The molecule has 6 N–H and O–H groups in total. The van der Waals surface area contributed by atoms with E-state index >= 15 is 0 Å². The number of allylic oxidation sites excluding steroid dienone is 2. The van der Waals surface area contributed by atoms with Crippen molar-refractivity contribution in [1.29, 1.82) is 0 Å². The van der Waals surface area contributed by atoms with Crippen molar-refractivity contribution < 1.29 is 39.5 Å². The predicted octanol–water partition coefficient (Wildman–Crippen LogP) is 5.16. The summed E-state index contributed by atoms with van der Waals surface area (Å²) in [6.07, 6.45) is 6.81. The second kappa shape index (κ2) is 20.7. The minimum Gasteiger partial charge on any atom is -0.469 e. The molecule has 0 aliphatic heterocycles. The summed E-state index contributed by atoms with van der Waals surface area (Å²) >= 11 is 0. The standard InChI is InChI=1S/C34H61NO8/c1-11-12-13-22(4)32(43-34(35)41)27(9)31(39)25(7)17-20(2)16-24(6)30(38)21(3)14-15-28(36)19-29(37)23(5)18-26(8)33(40)42-10/h12-16,21-32,36-39H,11,17-19H2,1-10H3,(H2,35,41)/b13-12-,15-14-,20-16-/t21-,22-,23+,24-,25-,26-,27-,28+,29-,30-,31+,32-/m0/s1. The normalized spacial score (nSPS) is 21.2. The number of esters is 1. The Bertz CT molecular complexity index is 903. The maximum Gasteiger partial charge on any atom is 0.404 e. The van der Waals surface area contributed by atoms with E-state index in [0.717, 1.165) is 12.0 Å². The van der Waals surface area contributed by atoms with Crippen molar-refractivity contribution in [3.8, 4) is 0 Å². The topological polar surface area (TPSA) is 160 Å². The summed E-state index contributed by atoms with van der Waals surface area (Å²) in [7, 11) is 1.34. The van der Waals surface area contributed by atoms with Crippen molar-refractivity contribution >= 4 is 12.1 Å². The molecule has 0 saturated carbocycles. The molecule has 0 aliphatic carbocycles. The molecule has 0 rings (SSSR count). The second-order valence-electron chi connectivity index (χ2n) is 12.7. The number of carbonyl (C=O) groups excluding carboxylic acids is 2. The van der Waals surface area contributed by atoms with E-state index in [9.17, 15) is 30.0 Å². The van der Waals surface area contributed by atoms with E-state index in [1.165, 1.54) is 7.11 Å². The molecular weight excluding hydrogens is 550 g/mol. The van der Waals surface area contributed by atoms with Gasteiger partial charge in [0.15, 0.2) is 0 Å². The third-order valence-corrected chi connectivity index (χ3v) is 8.46. The van der Waals surface area contributed by atoms with Crippen LogP contribution in [0.5, 0.6) is 0 Å². The molecule has 0 unspecified atom stereocenters. The average Bonchev–Trinajstić information content (AvgIpc) is 2.94. The number of aliphatic hydroxyl groups is 4. The Morgan fingerprint density at radius 3 is 1.95 bits per heavy atom. The van der Waals surface area contributed by atoms with Crippen molar-refractivity contribution in [1.82, 2.24) is 0 Å². The lowest BCUT2D eigenvalue weighted by Crippen LogP contribution is -2.41. The molecule has 9 nitrogen and oxygen atoms in total. The quantitative estimate of drug-likeness (QED) is 0.0933. The summed E-state index contributed by atoms with van der Waals surface area (Å²) in [5, 5.41) is 43.0. The fraction of sp³-hybridized carbons (Fsp3) is 0.765. The van der Waals surface area contributed by atoms with E-state index < -0.39 is 36.6 Å². The molecule has 0 fully saturated rings. The molecule has 0 aromatic carbocycles. The Morgan fingerprint density at radius 2 is 1.42 bits per heavy atom. The molecular formula is C34H61NO8. The summed E-state index contributed by atoms with van der Waals surface area (Å²) < 4.78 is 10.1.